The number of hydrogen-bond donors (Lipinski definition) is 2. The lowest BCUT2D eigenvalue weighted by Crippen LogP contribution is -2.37. The maximum atomic E-state index is 11.8. The summed E-state index contributed by atoms with van der Waals surface area (Å²) in [5.74, 6) is 0.0404. The Kier molecular flexibility index (Phi) is 5.64. The van der Waals surface area contributed by atoms with Crippen LogP contribution in [0.3, 0.4) is 0 Å². The van der Waals surface area contributed by atoms with Crippen molar-refractivity contribution in [2.75, 3.05) is 5.75 Å². The molecule has 1 rings (SSSR count). The van der Waals surface area contributed by atoms with Crippen molar-refractivity contribution in [3.8, 4) is 0 Å². The Labute approximate surface area is 113 Å². The standard InChI is InChI=1S/C11H17N3O2S2/c1-9(8-11(12)17)14-18(15,16)7-4-10-2-5-13-6-3-10/h2-3,5-6,9,14H,4,7-8H2,1H3,(H2,12,17). The molecule has 1 atom stereocenters. The maximum absolute atomic E-state index is 11.8. The third kappa shape index (κ3) is 6.04. The minimum atomic E-state index is -3.31. The van der Waals surface area contributed by atoms with Gasteiger partial charge in [-0.1, -0.05) is 12.2 Å². The normalized spacial score (nSPS) is 13.2. The van der Waals surface area contributed by atoms with Gasteiger partial charge in [-0.25, -0.2) is 13.1 Å². The highest BCUT2D eigenvalue weighted by Crippen LogP contribution is 2.01. The zero-order valence-electron chi connectivity index (χ0n) is 10.2. The monoisotopic (exact) mass is 287 g/mol. The lowest BCUT2D eigenvalue weighted by atomic mass is 10.2. The average Bonchev–Trinajstić information content (AvgIpc) is 2.26. The van der Waals surface area contributed by atoms with E-state index in [9.17, 15) is 8.42 Å². The van der Waals surface area contributed by atoms with Gasteiger partial charge in [-0.05, 0) is 31.0 Å². The number of hydrogen-bond acceptors (Lipinski definition) is 4. The van der Waals surface area contributed by atoms with Gasteiger partial charge >= 0.3 is 0 Å². The van der Waals surface area contributed by atoms with E-state index in [0.29, 0.717) is 17.8 Å². The molecule has 0 saturated carbocycles. The van der Waals surface area contributed by atoms with E-state index in [0.717, 1.165) is 5.56 Å². The first-order chi connectivity index (χ1) is 8.39. The van der Waals surface area contributed by atoms with Gasteiger partial charge in [-0.3, -0.25) is 4.98 Å². The van der Waals surface area contributed by atoms with E-state index < -0.39 is 10.0 Å². The van der Waals surface area contributed by atoms with Crippen molar-refractivity contribution < 1.29 is 8.42 Å². The second kappa shape index (κ2) is 6.77. The fourth-order valence-electron chi connectivity index (χ4n) is 1.51. The van der Waals surface area contributed by atoms with Crippen molar-refractivity contribution in [2.45, 2.75) is 25.8 Å². The highest BCUT2D eigenvalue weighted by atomic mass is 32.2. The van der Waals surface area contributed by atoms with Crippen molar-refractivity contribution in [1.82, 2.24) is 9.71 Å². The summed E-state index contributed by atoms with van der Waals surface area (Å²) in [4.78, 5) is 4.18. The second-order valence-electron chi connectivity index (χ2n) is 4.11. The summed E-state index contributed by atoms with van der Waals surface area (Å²) in [5.41, 5.74) is 6.31. The van der Waals surface area contributed by atoms with Crippen LogP contribution in [0.25, 0.3) is 0 Å². The number of thiocarbonyl (C=S) groups is 1. The summed E-state index contributed by atoms with van der Waals surface area (Å²) in [6.07, 6.45) is 4.11. The van der Waals surface area contributed by atoms with Gasteiger partial charge in [0.05, 0.1) is 10.7 Å². The third-order valence-electron chi connectivity index (χ3n) is 2.30. The molecular formula is C11H17N3O2S2. The van der Waals surface area contributed by atoms with Crippen molar-refractivity contribution in [1.29, 1.82) is 0 Å². The Morgan fingerprint density at radius 3 is 2.67 bits per heavy atom. The van der Waals surface area contributed by atoms with E-state index in [2.05, 4.69) is 9.71 Å². The van der Waals surface area contributed by atoms with Crippen LogP contribution in [-0.2, 0) is 16.4 Å². The maximum Gasteiger partial charge on any atom is 0.212 e. The molecule has 0 aliphatic rings. The molecule has 0 aromatic carbocycles. The molecule has 1 aromatic rings. The average molecular weight is 287 g/mol. The third-order valence-corrected chi connectivity index (χ3v) is 3.97. The number of sulfonamides is 1. The number of nitrogens with zero attached hydrogens (tertiary/aromatic N) is 1. The van der Waals surface area contributed by atoms with E-state index in [1.54, 1.807) is 31.5 Å². The molecular weight excluding hydrogens is 270 g/mol. The van der Waals surface area contributed by atoms with Crippen LogP contribution in [0, 0.1) is 0 Å². The van der Waals surface area contributed by atoms with Crippen LogP contribution in [0.2, 0.25) is 0 Å². The molecule has 0 radical (unpaired) electrons. The minimum absolute atomic E-state index is 0.0404. The molecule has 1 aromatic heterocycles. The van der Waals surface area contributed by atoms with E-state index >= 15 is 0 Å². The van der Waals surface area contributed by atoms with E-state index in [1.165, 1.54) is 0 Å². The van der Waals surface area contributed by atoms with Crippen molar-refractivity contribution >= 4 is 27.2 Å². The summed E-state index contributed by atoms with van der Waals surface area (Å²) in [6.45, 7) is 1.74. The summed E-state index contributed by atoms with van der Waals surface area (Å²) in [6, 6.07) is 3.33. The van der Waals surface area contributed by atoms with Gasteiger partial charge in [0, 0.05) is 24.9 Å². The van der Waals surface area contributed by atoms with Crippen molar-refractivity contribution in [3.63, 3.8) is 0 Å². The summed E-state index contributed by atoms with van der Waals surface area (Å²) in [7, 11) is -3.31. The summed E-state index contributed by atoms with van der Waals surface area (Å²) in [5, 5.41) is 0. The van der Waals surface area contributed by atoms with Gasteiger partial charge < -0.3 is 5.73 Å². The molecule has 7 heteroatoms. The predicted molar refractivity (Wildman–Crippen MR) is 75.7 cm³/mol. The largest absolute Gasteiger partial charge is 0.393 e. The van der Waals surface area contributed by atoms with Gasteiger partial charge in [0.2, 0.25) is 10.0 Å². The van der Waals surface area contributed by atoms with Gasteiger partial charge in [0.1, 0.15) is 0 Å². The fraction of sp³-hybridized carbons (Fsp3) is 0.455. The quantitative estimate of drug-likeness (QED) is 0.718. The van der Waals surface area contributed by atoms with Gasteiger partial charge in [-0.2, -0.15) is 0 Å². The van der Waals surface area contributed by atoms with Gasteiger partial charge in [0.15, 0.2) is 0 Å². The highest BCUT2D eigenvalue weighted by Gasteiger charge is 2.14. The first-order valence-electron chi connectivity index (χ1n) is 5.56. The molecule has 1 heterocycles. The lowest BCUT2D eigenvalue weighted by Gasteiger charge is -2.13. The van der Waals surface area contributed by atoms with Crippen molar-refractivity contribution in [3.05, 3.63) is 30.1 Å². The summed E-state index contributed by atoms with van der Waals surface area (Å²) < 4.78 is 26.1. The number of aryl methyl sites for hydroxylation is 1. The van der Waals surface area contributed by atoms with E-state index in [4.69, 9.17) is 18.0 Å². The van der Waals surface area contributed by atoms with Crippen molar-refractivity contribution in [2.24, 2.45) is 5.73 Å². The molecule has 0 saturated heterocycles. The van der Waals surface area contributed by atoms with Crippen LogP contribution in [-0.4, -0.2) is 30.2 Å². The Bertz CT molecular complexity index is 488. The fourth-order valence-corrected chi connectivity index (χ4v) is 3.08. The number of nitrogens with two attached hydrogens (primary N) is 1. The number of pyridine rings is 1. The minimum Gasteiger partial charge on any atom is -0.393 e. The SMILES string of the molecule is CC(CC(N)=S)NS(=O)(=O)CCc1ccncc1. The van der Waals surface area contributed by atoms with Crippen LogP contribution in [0.1, 0.15) is 18.9 Å². The Hall–Kier alpha value is -1.05. The van der Waals surface area contributed by atoms with E-state index in [1.807, 2.05) is 0 Å². The molecule has 0 bridgehead atoms. The molecule has 0 amide bonds. The molecule has 100 valence electrons. The molecule has 18 heavy (non-hydrogen) atoms. The first-order valence-corrected chi connectivity index (χ1v) is 7.62. The topological polar surface area (TPSA) is 85.1 Å². The zero-order chi connectivity index (χ0) is 13.6. The number of aromatic nitrogens is 1. The zero-order valence-corrected chi connectivity index (χ0v) is 11.8. The van der Waals surface area contributed by atoms with Crippen LogP contribution >= 0.6 is 12.2 Å². The van der Waals surface area contributed by atoms with Gasteiger partial charge in [-0.15, -0.1) is 0 Å². The predicted octanol–water partition coefficient (Wildman–Crippen LogP) is 0.608. The Morgan fingerprint density at radius 1 is 1.50 bits per heavy atom. The van der Waals surface area contributed by atoms with Crippen LogP contribution in [0.15, 0.2) is 24.5 Å². The van der Waals surface area contributed by atoms with E-state index in [-0.39, 0.29) is 11.8 Å². The summed E-state index contributed by atoms with van der Waals surface area (Å²) >= 11 is 4.74. The Balaban J connectivity index is 2.47. The smallest absolute Gasteiger partial charge is 0.212 e. The Morgan fingerprint density at radius 2 is 2.11 bits per heavy atom. The number of nitrogens with one attached hydrogen (secondary N) is 1. The second-order valence-corrected chi connectivity index (χ2v) is 6.51. The first kappa shape index (κ1) is 15.0. The molecule has 1 unspecified atom stereocenters. The molecule has 5 nitrogen and oxygen atoms in total. The number of rotatable bonds is 7. The van der Waals surface area contributed by atoms with Crippen LogP contribution < -0.4 is 10.5 Å². The van der Waals surface area contributed by atoms with Gasteiger partial charge in [0.25, 0.3) is 0 Å². The molecule has 3 N–H and O–H groups in total. The lowest BCUT2D eigenvalue weighted by molar-refractivity contribution is 0.564. The molecule has 0 fully saturated rings. The van der Waals surface area contributed by atoms with Crippen LogP contribution in [0.4, 0.5) is 0 Å². The molecule has 0 aliphatic carbocycles. The highest BCUT2D eigenvalue weighted by molar-refractivity contribution is 7.89. The molecule has 0 spiro atoms. The molecule has 0 aliphatic heterocycles. The van der Waals surface area contributed by atoms with Crippen LogP contribution in [0.5, 0.6) is 0 Å².